The summed E-state index contributed by atoms with van der Waals surface area (Å²) < 4.78 is 5.91. The van der Waals surface area contributed by atoms with Crippen LogP contribution in [0.25, 0.3) is 0 Å². The van der Waals surface area contributed by atoms with Gasteiger partial charge in [0.15, 0.2) is 5.96 Å². The van der Waals surface area contributed by atoms with Crippen LogP contribution in [0.1, 0.15) is 31.7 Å². The zero-order valence-corrected chi connectivity index (χ0v) is 16.3. The number of aliphatic imine (C=N–C) groups is 1. The molecule has 2 aliphatic rings. The molecule has 2 fully saturated rings. The summed E-state index contributed by atoms with van der Waals surface area (Å²) in [4.78, 5) is 18.7. The van der Waals surface area contributed by atoms with Crippen LogP contribution in [0.2, 0.25) is 0 Å². The van der Waals surface area contributed by atoms with Gasteiger partial charge in [0.1, 0.15) is 0 Å². The Kier molecular flexibility index (Phi) is 7.51. The third-order valence-corrected chi connectivity index (χ3v) is 5.01. The molecule has 1 saturated carbocycles. The normalized spacial score (nSPS) is 20.0. The van der Waals surface area contributed by atoms with E-state index in [1.54, 1.807) is 0 Å². The zero-order valence-electron chi connectivity index (χ0n) is 16.3. The molecule has 1 heterocycles. The predicted octanol–water partition coefficient (Wildman–Crippen LogP) is 2.02. The Hall–Kier alpha value is -2.08. The molecule has 0 aromatic heterocycles. The fourth-order valence-electron chi connectivity index (χ4n) is 3.34. The monoisotopic (exact) mass is 372 g/mol. The number of nitrogens with zero attached hydrogens (tertiary/aromatic N) is 2. The molecule has 1 amide bonds. The highest BCUT2D eigenvalue weighted by molar-refractivity contribution is 5.81. The van der Waals surface area contributed by atoms with Crippen LogP contribution in [0.15, 0.2) is 35.3 Å². The highest BCUT2D eigenvalue weighted by Crippen LogP contribution is 2.28. The fourth-order valence-corrected chi connectivity index (χ4v) is 3.34. The van der Waals surface area contributed by atoms with Gasteiger partial charge in [-0.3, -0.25) is 9.79 Å². The number of carbonyl (C=O) groups is 1. The van der Waals surface area contributed by atoms with Gasteiger partial charge in [-0.1, -0.05) is 30.3 Å². The minimum Gasteiger partial charge on any atom is -0.376 e. The Bertz CT molecular complexity index is 616. The van der Waals surface area contributed by atoms with Gasteiger partial charge in [-0.05, 0) is 31.7 Å². The van der Waals surface area contributed by atoms with E-state index in [1.807, 2.05) is 18.2 Å². The summed E-state index contributed by atoms with van der Waals surface area (Å²) in [7, 11) is 0. The lowest BCUT2D eigenvalue weighted by molar-refractivity contribution is -0.122. The van der Waals surface area contributed by atoms with Gasteiger partial charge in [-0.15, -0.1) is 0 Å². The molecule has 1 atom stereocenters. The van der Waals surface area contributed by atoms with E-state index in [-0.39, 0.29) is 11.8 Å². The summed E-state index contributed by atoms with van der Waals surface area (Å²) in [5, 5.41) is 6.35. The second kappa shape index (κ2) is 10.3. The Morgan fingerprint density at radius 3 is 2.78 bits per heavy atom. The van der Waals surface area contributed by atoms with Crippen molar-refractivity contribution in [1.82, 2.24) is 15.5 Å². The third-order valence-electron chi connectivity index (χ3n) is 5.01. The van der Waals surface area contributed by atoms with Gasteiger partial charge in [-0.2, -0.15) is 0 Å². The van der Waals surface area contributed by atoms with E-state index in [9.17, 15) is 4.79 Å². The average molecular weight is 373 g/mol. The Morgan fingerprint density at radius 2 is 2.04 bits per heavy atom. The van der Waals surface area contributed by atoms with E-state index < -0.39 is 0 Å². The zero-order chi connectivity index (χ0) is 18.9. The molecule has 1 aliphatic carbocycles. The first-order chi connectivity index (χ1) is 13.3. The number of nitrogens with one attached hydrogen (secondary N) is 2. The SMILES string of the molecule is CCNC(=NCCNC(=O)C1CC1)N1CCC(COCc2ccccc2)C1. The molecule has 0 radical (unpaired) electrons. The maximum atomic E-state index is 11.7. The van der Waals surface area contributed by atoms with Crippen molar-refractivity contribution in [2.75, 3.05) is 39.3 Å². The number of rotatable bonds is 9. The van der Waals surface area contributed by atoms with Gasteiger partial charge < -0.3 is 20.3 Å². The first-order valence-electron chi connectivity index (χ1n) is 10.2. The van der Waals surface area contributed by atoms with Gasteiger partial charge in [0.2, 0.25) is 5.91 Å². The second-order valence-corrected chi connectivity index (χ2v) is 7.40. The molecule has 1 unspecified atom stereocenters. The largest absolute Gasteiger partial charge is 0.376 e. The molecule has 1 aromatic rings. The summed E-state index contributed by atoms with van der Waals surface area (Å²) in [6.45, 7) is 7.58. The van der Waals surface area contributed by atoms with E-state index in [0.717, 1.165) is 51.5 Å². The Morgan fingerprint density at radius 1 is 1.22 bits per heavy atom. The summed E-state index contributed by atoms with van der Waals surface area (Å²) in [6.07, 6.45) is 3.20. The van der Waals surface area contributed by atoms with Crippen LogP contribution in [-0.4, -0.2) is 56.1 Å². The van der Waals surface area contributed by atoms with Crippen molar-refractivity contribution in [2.24, 2.45) is 16.8 Å². The van der Waals surface area contributed by atoms with Gasteiger partial charge in [-0.25, -0.2) is 0 Å². The molecule has 6 heteroatoms. The number of ether oxygens (including phenoxy) is 1. The number of benzene rings is 1. The van der Waals surface area contributed by atoms with Crippen LogP contribution in [0.3, 0.4) is 0 Å². The summed E-state index contributed by atoms with van der Waals surface area (Å²) >= 11 is 0. The molecule has 3 rings (SSSR count). The maximum absolute atomic E-state index is 11.7. The number of carbonyl (C=O) groups excluding carboxylic acids is 1. The number of hydrogen-bond donors (Lipinski definition) is 2. The quantitative estimate of drug-likeness (QED) is 0.395. The third kappa shape index (κ3) is 6.54. The van der Waals surface area contributed by atoms with E-state index in [0.29, 0.717) is 25.6 Å². The van der Waals surface area contributed by atoms with Gasteiger partial charge >= 0.3 is 0 Å². The van der Waals surface area contributed by atoms with Gasteiger partial charge in [0.25, 0.3) is 0 Å². The smallest absolute Gasteiger partial charge is 0.223 e. The van der Waals surface area contributed by atoms with Crippen LogP contribution in [0.5, 0.6) is 0 Å². The first-order valence-corrected chi connectivity index (χ1v) is 10.2. The minimum atomic E-state index is 0.187. The average Bonchev–Trinajstić information content (AvgIpc) is 3.44. The summed E-state index contributed by atoms with van der Waals surface area (Å²) in [5.74, 6) is 1.93. The van der Waals surface area contributed by atoms with Crippen molar-refractivity contribution in [3.05, 3.63) is 35.9 Å². The molecule has 0 spiro atoms. The molecule has 27 heavy (non-hydrogen) atoms. The highest BCUT2D eigenvalue weighted by atomic mass is 16.5. The van der Waals surface area contributed by atoms with E-state index in [4.69, 9.17) is 4.74 Å². The van der Waals surface area contributed by atoms with Crippen molar-refractivity contribution in [1.29, 1.82) is 0 Å². The molecule has 2 N–H and O–H groups in total. The molecule has 1 aromatic carbocycles. The van der Waals surface area contributed by atoms with Crippen molar-refractivity contribution < 1.29 is 9.53 Å². The summed E-state index contributed by atoms with van der Waals surface area (Å²) in [6, 6.07) is 10.3. The van der Waals surface area contributed by atoms with Crippen LogP contribution in [-0.2, 0) is 16.1 Å². The van der Waals surface area contributed by atoms with Crippen LogP contribution in [0.4, 0.5) is 0 Å². The fraction of sp³-hybridized carbons (Fsp3) is 0.619. The number of hydrogen-bond acceptors (Lipinski definition) is 3. The van der Waals surface area contributed by atoms with E-state index in [2.05, 4.69) is 39.6 Å². The van der Waals surface area contributed by atoms with Gasteiger partial charge in [0.05, 0.1) is 19.8 Å². The highest BCUT2D eigenvalue weighted by Gasteiger charge is 2.29. The minimum absolute atomic E-state index is 0.187. The Balaban J connectivity index is 1.38. The van der Waals surface area contributed by atoms with Crippen LogP contribution >= 0.6 is 0 Å². The Labute approximate surface area is 162 Å². The van der Waals surface area contributed by atoms with E-state index >= 15 is 0 Å². The molecule has 1 saturated heterocycles. The summed E-state index contributed by atoms with van der Waals surface area (Å²) in [5.41, 5.74) is 1.22. The van der Waals surface area contributed by atoms with E-state index in [1.165, 1.54) is 5.56 Å². The maximum Gasteiger partial charge on any atom is 0.223 e. The van der Waals surface area contributed by atoms with Crippen molar-refractivity contribution in [3.63, 3.8) is 0 Å². The molecular formula is C21H32N4O2. The lowest BCUT2D eigenvalue weighted by Crippen LogP contribution is -2.41. The van der Waals surface area contributed by atoms with Crippen LogP contribution in [0, 0.1) is 11.8 Å². The first kappa shape index (κ1) is 19.7. The lowest BCUT2D eigenvalue weighted by atomic mass is 10.1. The van der Waals surface area contributed by atoms with Crippen molar-refractivity contribution >= 4 is 11.9 Å². The van der Waals surface area contributed by atoms with Crippen LogP contribution < -0.4 is 10.6 Å². The molecular weight excluding hydrogens is 340 g/mol. The second-order valence-electron chi connectivity index (χ2n) is 7.40. The molecule has 1 aliphatic heterocycles. The molecule has 148 valence electrons. The van der Waals surface area contributed by atoms with Crippen molar-refractivity contribution in [2.45, 2.75) is 32.8 Å². The number of guanidine groups is 1. The topological polar surface area (TPSA) is 66.0 Å². The molecule has 0 bridgehead atoms. The van der Waals surface area contributed by atoms with Crippen molar-refractivity contribution in [3.8, 4) is 0 Å². The predicted molar refractivity (Wildman–Crippen MR) is 107 cm³/mol. The number of likely N-dealkylation sites (tertiary alicyclic amines) is 1. The number of amides is 1. The molecule has 6 nitrogen and oxygen atoms in total. The standard InChI is InChI=1S/C21H32N4O2/c1-2-22-21(24-12-11-23-20(26)19-8-9-19)25-13-10-18(14-25)16-27-15-17-6-4-3-5-7-17/h3-7,18-19H,2,8-16H2,1H3,(H,22,24)(H,23,26). The lowest BCUT2D eigenvalue weighted by Gasteiger charge is -2.21. The van der Waals surface area contributed by atoms with Gasteiger partial charge in [0, 0.05) is 38.0 Å².